The van der Waals surface area contributed by atoms with Crippen LogP contribution in [0.3, 0.4) is 0 Å². The number of rotatable bonds is 4. The zero-order valence-corrected chi connectivity index (χ0v) is 18.2. The Morgan fingerprint density at radius 3 is 2.51 bits per heavy atom. The fourth-order valence-corrected chi connectivity index (χ4v) is 4.06. The van der Waals surface area contributed by atoms with E-state index in [1.807, 2.05) is 6.07 Å². The molecule has 0 aliphatic carbocycles. The minimum Gasteiger partial charge on any atom is -0.341 e. The van der Waals surface area contributed by atoms with Gasteiger partial charge in [-0.3, -0.25) is 9.59 Å². The van der Waals surface area contributed by atoms with Crippen LogP contribution in [-0.2, 0) is 12.6 Å². The quantitative estimate of drug-likeness (QED) is 0.440. The van der Waals surface area contributed by atoms with Gasteiger partial charge in [-0.05, 0) is 54.1 Å². The molecule has 5 nitrogen and oxygen atoms in total. The molecule has 0 spiro atoms. The number of nitrogens with one attached hydrogen (secondary N) is 2. The Labute approximate surface area is 200 Å². The first kappa shape index (κ1) is 24.2. The molecular weight excluding hydrogens is 493 g/mol. The third-order valence-electron chi connectivity index (χ3n) is 5.34. The van der Waals surface area contributed by atoms with E-state index in [1.165, 1.54) is 18.2 Å². The van der Waals surface area contributed by atoms with Gasteiger partial charge in [-0.1, -0.05) is 11.6 Å². The number of hydrogen-bond donors (Lipinski definition) is 2. The van der Waals surface area contributed by atoms with E-state index in [0.29, 0.717) is 17.7 Å². The molecule has 0 fully saturated rings. The second kappa shape index (κ2) is 9.00. The lowest BCUT2D eigenvalue weighted by Gasteiger charge is -2.19. The van der Waals surface area contributed by atoms with Crippen molar-refractivity contribution in [2.24, 2.45) is 0 Å². The molecule has 3 aromatic rings. The number of hydrogen-bond acceptors (Lipinski definition) is 3. The molecule has 0 unspecified atom stereocenters. The lowest BCUT2D eigenvalue weighted by molar-refractivity contribution is -0.137. The standard InChI is InChI=1S/C24H13ClF5N3O2/c25-18-2-1-14(26)10-16(18)21-20-17(23(35)33-21)5-11(3-4-31)6-19(20)32-22(34)12-7-13(24(28,29)30)9-15(27)8-12/h1-2,5-10,21H,3H2,(H,32,34)(H,33,35)/t21-/m0/s1. The lowest BCUT2D eigenvalue weighted by atomic mass is 9.93. The topological polar surface area (TPSA) is 82.0 Å². The number of fused-ring (bicyclic) bond motifs is 1. The summed E-state index contributed by atoms with van der Waals surface area (Å²) in [6, 6.07) is 8.55. The van der Waals surface area contributed by atoms with Gasteiger partial charge in [0.15, 0.2) is 0 Å². The van der Waals surface area contributed by atoms with E-state index in [9.17, 15) is 31.5 Å². The Kier molecular flexibility index (Phi) is 6.21. The van der Waals surface area contributed by atoms with Crippen LogP contribution < -0.4 is 10.6 Å². The van der Waals surface area contributed by atoms with Crippen LogP contribution in [0.5, 0.6) is 0 Å². The van der Waals surface area contributed by atoms with Crippen LogP contribution in [-0.4, -0.2) is 11.8 Å². The molecule has 1 aliphatic heterocycles. The van der Waals surface area contributed by atoms with E-state index in [1.54, 1.807) is 0 Å². The maximum Gasteiger partial charge on any atom is 0.416 e. The van der Waals surface area contributed by atoms with E-state index in [0.717, 1.165) is 12.1 Å². The molecule has 0 radical (unpaired) electrons. The van der Waals surface area contributed by atoms with Gasteiger partial charge < -0.3 is 10.6 Å². The van der Waals surface area contributed by atoms with Gasteiger partial charge >= 0.3 is 6.18 Å². The Balaban J connectivity index is 1.83. The summed E-state index contributed by atoms with van der Waals surface area (Å²) in [4.78, 5) is 25.6. The molecule has 11 heteroatoms. The van der Waals surface area contributed by atoms with Gasteiger partial charge in [-0.15, -0.1) is 0 Å². The van der Waals surface area contributed by atoms with Gasteiger partial charge in [0.1, 0.15) is 11.6 Å². The van der Waals surface area contributed by atoms with Crippen LogP contribution in [0.25, 0.3) is 0 Å². The maximum atomic E-state index is 13.9. The average Bonchev–Trinajstić information content (AvgIpc) is 3.11. The molecule has 3 aromatic carbocycles. The van der Waals surface area contributed by atoms with Crippen molar-refractivity contribution in [3.05, 3.63) is 98.6 Å². The van der Waals surface area contributed by atoms with E-state index in [-0.39, 0.29) is 39.9 Å². The molecule has 0 bridgehead atoms. The molecule has 0 saturated heterocycles. The van der Waals surface area contributed by atoms with E-state index >= 15 is 0 Å². The lowest BCUT2D eigenvalue weighted by Crippen LogP contribution is -2.21. The maximum absolute atomic E-state index is 13.9. The zero-order valence-electron chi connectivity index (χ0n) is 17.4. The average molecular weight is 506 g/mol. The van der Waals surface area contributed by atoms with Gasteiger partial charge in [-0.2, -0.15) is 18.4 Å². The molecule has 0 saturated carbocycles. The summed E-state index contributed by atoms with van der Waals surface area (Å²) in [5.74, 6) is -3.59. The monoisotopic (exact) mass is 505 g/mol. The summed E-state index contributed by atoms with van der Waals surface area (Å²) >= 11 is 6.21. The van der Waals surface area contributed by atoms with Crippen LogP contribution >= 0.6 is 11.6 Å². The second-order valence-electron chi connectivity index (χ2n) is 7.69. The predicted octanol–water partition coefficient (Wildman–Crippen LogP) is 5.79. The minimum absolute atomic E-state index is 0.0285. The van der Waals surface area contributed by atoms with Gasteiger partial charge in [-0.25, -0.2) is 8.78 Å². The van der Waals surface area contributed by atoms with Crippen LogP contribution in [0, 0.1) is 23.0 Å². The molecular formula is C24H13ClF5N3O2. The largest absolute Gasteiger partial charge is 0.416 e. The molecule has 178 valence electrons. The van der Waals surface area contributed by atoms with Gasteiger partial charge in [0.05, 0.1) is 24.1 Å². The summed E-state index contributed by atoms with van der Waals surface area (Å²) in [6.45, 7) is 0. The van der Waals surface area contributed by atoms with Crippen molar-refractivity contribution in [1.29, 1.82) is 5.26 Å². The molecule has 2 N–H and O–H groups in total. The number of benzene rings is 3. The Morgan fingerprint density at radius 1 is 1.09 bits per heavy atom. The molecule has 1 heterocycles. The first-order valence-corrected chi connectivity index (χ1v) is 10.3. The molecule has 35 heavy (non-hydrogen) atoms. The highest BCUT2D eigenvalue weighted by Gasteiger charge is 2.35. The number of nitriles is 1. The third kappa shape index (κ3) is 4.81. The van der Waals surface area contributed by atoms with Crippen molar-refractivity contribution < 1.29 is 31.5 Å². The Hall–Kier alpha value is -3.97. The van der Waals surface area contributed by atoms with Crippen molar-refractivity contribution in [3.8, 4) is 6.07 Å². The molecule has 2 amide bonds. The summed E-state index contributed by atoms with van der Waals surface area (Å²) in [5, 5.41) is 14.2. The summed E-state index contributed by atoms with van der Waals surface area (Å²) < 4.78 is 67.0. The molecule has 0 aromatic heterocycles. The van der Waals surface area contributed by atoms with Crippen molar-refractivity contribution >= 4 is 29.1 Å². The normalized spacial score (nSPS) is 14.8. The number of halogens is 6. The van der Waals surface area contributed by atoms with Crippen LogP contribution in [0.1, 0.15) is 49.0 Å². The van der Waals surface area contributed by atoms with E-state index in [2.05, 4.69) is 10.6 Å². The van der Waals surface area contributed by atoms with E-state index < -0.39 is 46.8 Å². The third-order valence-corrected chi connectivity index (χ3v) is 5.68. The van der Waals surface area contributed by atoms with Crippen LogP contribution in [0.2, 0.25) is 5.02 Å². The van der Waals surface area contributed by atoms with Gasteiger partial charge in [0.2, 0.25) is 0 Å². The fourth-order valence-electron chi connectivity index (χ4n) is 3.84. The highest BCUT2D eigenvalue weighted by atomic mass is 35.5. The number of amides is 2. The fraction of sp³-hybridized carbons (Fsp3) is 0.125. The number of alkyl halides is 3. The zero-order chi connectivity index (χ0) is 25.5. The van der Waals surface area contributed by atoms with E-state index in [4.69, 9.17) is 16.9 Å². The highest BCUT2D eigenvalue weighted by Crippen LogP contribution is 2.40. The first-order valence-electron chi connectivity index (χ1n) is 9.96. The number of nitrogens with zero attached hydrogens (tertiary/aromatic N) is 1. The summed E-state index contributed by atoms with van der Waals surface area (Å²) in [7, 11) is 0. The number of anilines is 1. The summed E-state index contributed by atoms with van der Waals surface area (Å²) in [6.07, 6.45) is -5.03. The van der Waals surface area contributed by atoms with Gasteiger partial charge in [0.25, 0.3) is 11.8 Å². The number of carbonyl (C=O) groups is 2. The van der Waals surface area contributed by atoms with Gasteiger partial charge in [0, 0.05) is 33.0 Å². The molecule has 1 aliphatic rings. The SMILES string of the molecule is N#CCc1cc(NC(=O)c2cc(F)cc(C(F)(F)F)c2)c2c(c1)C(=O)N[C@H]2c1cc(F)ccc1Cl. The summed E-state index contributed by atoms with van der Waals surface area (Å²) in [5.41, 5.74) is -1.26. The molecule has 1 atom stereocenters. The van der Waals surface area contributed by atoms with Crippen molar-refractivity contribution in [3.63, 3.8) is 0 Å². The van der Waals surface area contributed by atoms with Crippen molar-refractivity contribution in [2.75, 3.05) is 5.32 Å². The molecule has 4 rings (SSSR count). The minimum atomic E-state index is -4.89. The predicted molar refractivity (Wildman–Crippen MR) is 116 cm³/mol. The number of carbonyl (C=O) groups excluding carboxylic acids is 2. The first-order chi connectivity index (χ1) is 16.5. The highest BCUT2D eigenvalue weighted by molar-refractivity contribution is 6.31. The van der Waals surface area contributed by atoms with Crippen LogP contribution in [0.15, 0.2) is 48.5 Å². The Morgan fingerprint density at radius 2 is 1.83 bits per heavy atom. The smallest absolute Gasteiger partial charge is 0.341 e. The Bertz CT molecular complexity index is 1420. The second-order valence-corrected chi connectivity index (χ2v) is 8.10. The van der Waals surface area contributed by atoms with Crippen molar-refractivity contribution in [1.82, 2.24) is 5.32 Å². The van der Waals surface area contributed by atoms with Crippen molar-refractivity contribution in [2.45, 2.75) is 18.6 Å². The van der Waals surface area contributed by atoms with Crippen LogP contribution in [0.4, 0.5) is 27.6 Å².